The van der Waals surface area contributed by atoms with Gasteiger partial charge in [-0.25, -0.2) is 0 Å². The van der Waals surface area contributed by atoms with Crippen molar-refractivity contribution in [2.75, 3.05) is 38.6 Å². The van der Waals surface area contributed by atoms with Crippen LogP contribution in [0.25, 0.3) is 0 Å². The molecule has 1 saturated heterocycles. The molecule has 102 valence electrons. The highest BCUT2D eigenvalue weighted by Crippen LogP contribution is 2.16. The van der Waals surface area contributed by atoms with Crippen LogP contribution in [0.5, 0.6) is 0 Å². The number of amidine groups is 1. The van der Waals surface area contributed by atoms with Crippen LogP contribution >= 0.6 is 11.8 Å². The number of rotatable bonds is 2. The van der Waals surface area contributed by atoms with Crippen LogP contribution in [0.15, 0.2) is 4.99 Å². The fourth-order valence-corrected chi connectivity index (χ4v) is 2.92. The van der Waals surface area contributed by atoms with Crippen molar-refractivity contribution in [2.45, 2.75) is 19.9 Å². The van der Waals surface area contributed by atoms with Gasteiger partial charge in [-0.3, -0.25) is 9.79 Å². The van der Waals surface area contributed by atoms with Gasteiger partial charge in [0, 0.05) is 25.4 Å². The summed E-state index contributed by atoms with van der Waals surface area (Å²) < 4.78 is 5.25. The van der Waals surface area contributed by atoms with E-state index in [1.54, 1.807) is 11.8 Å². The van der Waals surface area contributed by atoms with E-state index in [1.807, 2.05) is 11.8 Å². The molecule has 2 aliphatic rings. The van der Waals surface area contributed by atoms with Crippen LogP contribution in [-0.4, -0.2) is 60.6 Å². The summed E-state index contributed by atoms with van der Waals surface area (Å²) in [6, 6.07) is -0.206. The molecule has 2 unspecified atom stereocenters. The molecule has 0 saturated carbocycles. The summed E-state index contributed by atoms with van der Waals surface area (Å²) in [5, 5.41) is 4.12. The lowest BCUT2D eigenvalue weighted by Gasteiger charge is -2.30. The first-order chi connectivity index (χ1) is 8.66. The molecule has 2 aliphatic heterocycles. The van der Waals surface area contributed by atoms with Crippen molar-refractivity contribution >= 4 is 22.8 Å². The standard InChI is InChI=1S/C12H21N3O2S/c1-9-7-13-12(18-8-9)14-10(2)11(16)15-3-5-17-6-4-15/h9-10H,3-8H2,1-2H3,(H,13,14). The second-order valence-corrected chi connectivity index (χ2v) is 5.87. The van der Waals surface area contributed by atoms with E-state index in [2.05, 4.69) is 17.2 Å². The smallest absolute Gasteiger partial charge is 0.244 e. The van der Waals surface area contributed by atoms with Crippen molar-refractivity contribution in [1.29, 1.82) is 0 Å². The molecule has 0 aromatic rings. The van der Waals surface area contributed by atoms with E-state index in [0.717, 1.165) is 17.5 Å². The Kier molecular flexibility index (Phi) is 4.88. The monoisotopic (exact) mass is 271 g/mol. The Hall–Kier alpha value is -0.750. The van der Waals surface area contributed by atoms with Crippen LogP contribution in [0.3, 0.4) is 0 Å². The average Bonchev–Trinajstić information content (AvgIpc) is 2.41. The van der Waals surface area contributed by atoms with E-state index in [9.17, 15) is 4.79 Å². The molecule has 0 aromatic heterocycles. The fraction of sp³-hybridized carbons (Fsp3) is 0.833. The van der Waals surface area contributed by atoms with Crippen LogP contribution < -0.4 is 5.32 Å². The van der Waals surface area contributed by atoms with Crippen molar-refractivity contribution in [3.63, 3.8) is 0 Å². The SMILES string of the molecule is CC1CN=C(NC(C)C(=O)N2CCOCC2)SC1. The first kappa shape index (κ1) is 13.7. The molecule has 1 N–H and O–H groups in total. The summed E-state index contributed by atoms with van der Waals surface area (Å²) in [4.78, 5) is 18.5. The zero-order chi connectivity index (χ0) is 13.0. The van der Waals surface area contributed by atoms with E-state index < -0.39 is 0 Å². The summed E-state index contributed by atoms with van der Waals surface area (Å²) in [6.07, 6.45) is 0. The average molecular weight is 271 g/mol. The normalized spacial score (nSPS) is 26.4. The molecule has 18 heavy (non-hydrogen) atoms. The van der Waals surface area contributed by atoms with Gasteiger partial charge in [-0.1, -0.05) is 18.7 Å². The van der Waals surface area contributed by atoms with E-state index in [4.69, 9.17) is 4.74 Å². The lowest BCUT2D eigenvalue weighted by atomic mass is 10.2. The number of amides is 1. The lowest BCUT2D eigenvalue weighted by molar-refractivity contribution is -0.136. The minimum Gasteiger partial charge on any atom is -0.378 e. The second-order valence-electron chi connectivity index (χ2n) is 4.87. The van der Waals surface area contributed by atoms with Crippen LogP contribution in [0, 0.1) is 5.92 Å². The van der Waals surface area contributed by atoms with Gasteiger partial charge in [-0.15, -0.1) is 0 Å². The zero-order valence-electron chi connectivity index (χ0n) is 11.0. The Bertz CT molecular complexity index is 329. The molecule has 1 fully saturated rings. The van der Waals surface area contributed by atoms with Gasteiger partial charge in [0.25, 0.3) is 0 Å². The summed E-state index contributed by atoms with van der Waals surface area (Å²) in [5.41, 5.74) is 0. The minimum absolute atomic E-state index is 0.139. The molecule has 6 heteroatoms. The number of nitrogens with zero attached hydrogens (tertiary/aromatic N) is 2. The third kappa shape index (κ3) is 3.62. The highest BCUT2D eigenvalue weighted by molar-refractivity contribution is 8.13. The lowest BCUT2D eigenvalue weighted by Crippen LogP contribution is -2.50. The maximum absolute atomic E-state index is 12.2. The molecule has 0 radical (unpaired) electrons. The van der Waals surface area contributed by atoms with E-state index in [1.165, 1.54) is 0 Å². The summed E-state index contributed by atoms with van der Waals surface area (Å²) in [6.45, 7) is 7.63. The largest absolute Gasteiger partial charge is 0.378 e. The molecule has 2 heterocycles. The maximum Gasteiger partial charge on any atom is 0.244 e. The predicted octanol–water partition coefficient (Wildman–Crippen LogP) is 0.562. The quantitative estimate of drug-likeness (QED) is 0.797. The first-order valence-corrected chi connectivity index (χ1v) is 7.45. The topological polar surface area (TPSA) is 53.9 Å². The Morgan fingerprint density at radius 2 is 2.28 bits per heavy atom. The van der Waals surface area contributed by atoms with Crippen molar-refractivity contribution in [3.05, 3.63) is 0 Å². The highest BCUT2D eigenvalue weighted by atomic mass is 32.2. The highest BCUT2D eigenvalue weighted by Gasteiger charge is 2.24. The van der Waals surface area contributed by atoms with Crippen LogP contribution in [-0.2, 0) is 9.53 Å². The number of aliphatic imine (C=N–C) groups is 1. The van der Waals surface area contributed by atoms with Crippen LogP contribution in [0.1, 0.15) is 13.8 Å². The van der Waals surface area contributed by atoms with Gasteiger partial charge >= 0.3 is 0 Å². The molecule has 0 bridgehead atoms. The predicted molar refractivity (Wildman–Crippen MR) is 73.9 cm³/mol. The van der Waals surface area contributed by atoms with E-state index in [-0.39, 0.29) is 11.9 Å². The molecule has 0 aliphatic carbocycles. The van der Waals surface area contributed by atoms with Crippen molar-refractivity contribution < 1.29 is 9.53 Å². The van der Waals surface area contributed by atoms with Gasteiger partial charge in [-0.2, -0.15) is 0 Å². The summed E-state index contributed by atoms with van der Waals surface area (Å²) in [7, 11) is 0. The molecule has 2 atom stereocenters. The minimum atomic E-state index is -0.206. The fourth-order valence-electron chi connectivity index (χ4n) is 1.95. The maximum atomic E-state index is 12.2. The van der Waals surface area contributed by atoms with Gasteiger partial charge in [0.2, 0.25) is 5.91 Å². The number of carbonyl (C=O) groups excluding carboxylic acids is 1. The third-order valence-electron chi connectivity index (χ3n) is 3.08. The number of thioether (sulfide) groups is 1. The van der Waals surface area contributed by atoms with Crippen molar-refractivity contribution in [3.8, 4) is 0 Å². The number of hydrogen-bond donors (Lipinski definition) is 1. The Morgan fingerprint density at radius 3 is 2.89 bits per heavy atom. The third-order valence-corrected chi connectivity index (χ3v) is 4.34. The van der Waals surface area contributed by atoms with Crippen LogP contribution in [0.2, 0.25) is 0 Å². The molecular weight excluding hydrogens is 250 g/mol. The number of hydrogen-bond acceptors (Lipinski definition) is 5. The summed E-state index contributed by atoms with van der Waals surface area (Å²) in [5.74, 6) is 1.84. The number of morpholine rings is 1. The first-order valence-electron chi connectivity index (χ1n) is 6.47. The molecule has 1 amide bonds. The van der Waals surface area contributed by atoms with Gasteiger partial charge < -0.3 is 15.0 Å². The van der Waals surface area contributed by atoms with Gasteiger partial charge in [0.05, 0.1) is 13.2 Å². The van der Waals surface area contributed by atoms with E-state index in [0.29, 0.717) is 32.2 Å². The van der Waals surface area contributed by atoms with Gasteiger partial charge in [0.15, 0.2) is 5.17 Å². The molecule has 0 aromatic carbocycles. The van der Waals surface area contributed by atoms with E-state index >= 15 is 0 Å². The Balaban J connectivity index is 1.83. The Labute approximate surface area is 112 Å². The molecular formula is C12H21N3O2S. The molecule has 2 rings (SSSR count). The zero-order valence-corrected chi connectivity index (χ0v) is 11.8. The summed E-state index contributed by atoms with van der Waals surface area (Å²) >= 11 is 1.71. The molecule has 5 nitrogen and oxygen atoms in total. The second kappa shape index (κ2) is 6.43. The number of ether oxygens (including phenoxy) is 1. The Morgan fingerprint density at radius 1 is 1.56 bits per heavy atom. The number of carbonyl (C=O) groups is 1. The number of nitrogens with one attached hydrogen (secondary N) is 1. The van der Waals surface area contributed by atoms with Gasteiger partial charge in [-0.05, 0) is 12.8 Å². The van der Waals surface area contributed by atoms with Crippen molar-refractivity contribution in [1.82, 2.24) is 10.2 Å². The van der Waals surface area contributed by atoms with Crippen molar-refractivity contribution in [2.24, 2.45) is 10.9 Å². The molecule has 0 spiro atoms. The van der Waals surface area contributed by atoms with Crippen LogP contribution in [0.4, 0.5) is 0 Å². The van der Waals surface area contributed by atoms with Gasteiger partial charge in [0.1, 0.15) is 6.04 Å².